The van der Waals surface area contributed by atoms with Gasteiger partial charge in [0.2, 0.25) is 0 Å². The Labute approximate surface area is 138 Å². The van der Waals surface area contributed by atoms with Gasteiger partial charge in [-0.15, -0.1) is 0 Å². The van der Waals surface area contributed by atoms with Gasteiger partial charge in [0.25, 0.3) is 5.82 Å². The van der Waals surface area contributed by atoms with Crippen molar-refractivity contribution in [2.45, 2.75) is 37.5 Å². The predicted molar refractivity (Wildman–Crippen MR) is 70.7 cm³/mol. The highest BCUT2D eigenvalue weighted by molar-refractivity contribution is 8.13. The molecule has 1 aromatic heterocycles. The van der Waals surface area contributed by atoms with Crippen LogP contribution in [0, 0.1) is 6.92 Å². The van der Waals surface area contributed by atoms with Gasteiger partial charge in [-0.3, -0.25) is 0 Å². The average molecular weight is 421 g/mol. The second-order valence-electron chi connectivity index (χ2n) is 4.46. The Hall–Kier alpha value is -1.39. The molecule has 0 aliphatic heterocycles. The molecule has 148 valence electrons. The maximum Gasteiger partial charge on any atom is 0.480 e. The first-order chi connectivity index (χ1) is 10.9. The van der Waals surface area contributed by atoms with Gasteiger partial charge in [0.1, 0.15) is 18.9 Å². The summed E-state index contributed by atoms with van der Waals surface area (Å²) in [5, 5.41) is 9.01. The summed E-state index contributed by atoms with van der Waals surface area (Å²) in [4.78, 5) is 3.03. The second kappa shape index (κ2) is 7.88. The maximum atomic E-state index is 11.4. The molecule has 0 spiro atoms. The molecule has 1 heterocycles. The summed E-state index contributed by atoms with van der Waals surface area (Å²) < 4.78 is 111. The zero-order valence-electron chi connectivity index (χ0n) is 12.5. The van der Waals surface area contributed by atoms with Crippen molar-refractivity contribution < 1.29 is 52.9 Å². The maximum absolute atomic E-state index is 11.4. The van der Waals surface area contributed by atoms with E-state index in [1.165, 1.54) is 0 Å². The van der Waals surface area contributed by atoms with E-state index in [2.05, 4.69) is 4.98 Å². The number of aromatic nitrogens is 2. The number of aliphatic hydroxyl groups excluding tert-OH is 1. The number of H-pyrrole nitrogens is 1. The fourth-order valence-corrected chi connectivity index (χ4v) is 2.85. The Kier molecular flexibility index (Phi) is 7.44. The number of aromatic amines is 1. The lowest BCUT2D eigenvalue weighted by molar-refractivity contribution is -0.707. The molecule has 2 N–H and O–H groups in total. The van der Waals surface area contributed by atoms with Crippen LogP contribution in [-0.4, -0.2) is 44.0 Å². The van der Waals surface area contributed by atoms with Gasteiger partial charge in [0.05, 0.1) is 6.10 Å². The molecule has 1 aromatic rings. The number of imidazole rings is 1. The summed E-state index contributed by atoms with van der Waals surface area (Å²) in [6.07, 6.45) is 3.50. The number of halogens is 6. The molecule has 1 unspecified atom stereocenters. The fourth-order valence-electron chi connectivity index (χ4n) is 1.14. The third-order valence-electron chi connectivity index (χ3n) is 2.22. The summed E-state index contributed by atoms with van der Waals surface area (Å²) in [7, 11) is -13.4. The van der Waals surface area contributed by atoms with E-state index in [1.807, 2.05) is 23.9 Å². The molecule has 0 fully saturated rings. The largest absolute Gasteiger partial charge is 0.480 e. The minimum Gasteiger partial charge on any atom is -0.421 e. The van der Waals surface area contributed by atoms with Gasteiger partial charge in [0, 0.05) is 6.92 Å². The first-order valence-corrected chi connectivity index (χ1v) is 8.87. The average Bonchev–Trinajstić information content (AvgIpc) is 2.70. The van der Waals surface area contributed by atoms with Crippen molar-refractivity contribution in [3.05, 3.63) is 22.3 Å². The molecule has 0 aliphatic rings. The van der Waals surface area contributed by atoms with Crippen LogP contribution >= 0.6 is 0 Å². The van der Waals surface area contributed by atoms with Crippen LogP contribution in [0.1, 0.15) is 12.7 Å². The van der Waals surface area contributed by atoms with E-state index in [1.54, 1.807) is 6.92 Å². The number of nitrogens with one attached hydrogen (secondary N) is 1. The highest BCUT2D eigenvalue weighted by Gasteiger charge is 2.46. The quantitative estimate of drug-likeness (QED) is 0.556. The molecule has 0 radical (unpaired) electrons. The summed E-state index contributed by atoms with van der Waals surface area (Å²) in [6, 6.07) is 0. The molecule has 0 aliphatic carbocycles. The van der Waals surface area contributed by atoms with E-state index in [9.17, 15) is 43.2 Å². The normalized spacial score (nSPS) is 14.6. The van der Waals surface area contributed by atoms with Crippen LogP contribution in [0.5, 0.6) is 0 Å². The van der Waals surface area contributed by atoms with E-state index in [4.69, 9.17) is 5.11 Å². The van der Waals surface area contributed by atoms with Crippen molar-refractivity contribution in [2.24, 2.45) is 0 Å². The Bertz CT molecular complexity index is 724. The van der Waals surface area contributed by atoms with Crippen LogP contribution in [-0.2, 0) is 26.6 Å². The minimum atomic E-state index is -6.72. The first kappa shape index (κ1) is 23.6. The summed E-state index contributed by atoms with van der Waals surface area (Å²) >= 11 is 0. The SMILES string of the molecule is Cc1[nH]cc[n+]1CC(C)O.O=S(=O)([N-]S(=O)(=O)C(F)(F)F)C(F)(F)F. The van der Waals surface area contributed by atoms with Crippen molar-refractivity contribution in [1.82, 2.24) is 4.98 Å². The third kappa shape index (κ3) is 7.17. The minimum absolute atomic E-state index is 0.278. The number of rotatable bonds is 4. The van der Waals surface area contributed by atoms with Crippen molar-refractivity contribution in [2.75, 3.05) is 0 Å². The molecule has 8 nitrogen and oxygen atoms in total. The number of hydrogen-bond acceptors (Lipinski definition) is 5. The third-order valence-corrected chi connectivity index (χ3v) is 4.96. The molecule has 16 heteroatoms. The van der Waals surface area contributed by atoms with Crippen LogP contribution < -0.4 is 4.57 Å². The number of alkyl halides is 6. The molecular formula is C9H13F6N3O5S2. The van der Waals surface area contributed by atoms with Crippen LogP contribution in [0.4, 0.5) is 26.3 Å². The summed E-state index contributed by atoms with van der Waals surface area (Å²) in [6.45, 7) is 4.41. The zero-order chi connectivity index (χ0) is 20.3. The lowest BCUT2D eigenvalue weighted by Crippen LogP contribution is -2.39. The smallest absolute Gasteiger partial charge is 0.421 e. The molecule has 0 bridgehead atoms. The van der Waals surface area contributed by atoms with E-state index in [0.29, 0.717) is 6.54 Å². The van der Waals surface area contributed by atoms with Gasteiger partial charge in [-0.05, 0) is 6.92 Å². The molecular weight excluding hydrogens is 408 g/mol. The van der Waals surface area contributed by atoms with Gasteiger partial charge in [-0.25, -0.2) is 26.4 Å². The number of hydrogen-bond donors (Lipinski definition) is 2. The fraction of sp³-hybridized carbons (Fsp3) is 0.667. The Morgan fingerprint density at radius 3 is 1.76 bits per heavy atom. The zero-order valence-corrected chi connectivity index (χ0v) is 14.1. The highest BCUT2D eigenvalue weighted by Crippen LogP contribution is 2.36. The van der Waals surface area contributed by atoms with Crippen molar-refractivity contribution >= 4 is 20.0 Å². The predicted octanol–water partition coefficient (Wildman–Crippen LogP) is 1.05. The van der Waals surface area contributed by atoms with E-state index in [-0.39, 0.29) is 6.10 Å². The lowest BCUT2D eigenvalue weighted by atomic mass is 10.4. The number of aliphatic hydroxyl groups is 1. The van der Waals surface area contributed by atoms with Gasteiger partial charge in [-0.1, -0.05) is 0 Å². The van der Waals surface area contributed by atoms with Crippen LogP contribution in [0.2, 0.25) is 0 Å². The Morgan fingerprint density at radius 1 is 1.12 bits per heavy atom. The van der Waals surface area contributed by atoms with Crippen molar-refractivity contribution in [3.63, 3.8) is 0 Å². The molecule has 0 saturated heterocycles. The Morgan fingerprint density at radius 2 is 1.52 bits per heavy atom. The van der Waals surface area contributed by atoms with Gasteiger partial charge < -0.3 is 9.23 Å². The van der Waals surface area contributed by atoms with Crippen molar-refractivity contribution in [3.8, 4) is 0 Å². The first-order valence-electron chi connectivity index (χ1n) is 5.99. The van der Waals surface area contributed by atoms with Gasteiger partial charge >= 0.3 is 11.0 Å². The van der Waals surface area contributed by atoms with Gasteiger partial charge in [-0.2, -0.15) is 26.3 Å². The summed E-state index contributed by atoms with van der Waals surface area (Å²) in [5.74, 6) is 1.07. The molecule has 1 atom stereocenters. The van der Waals surface area contributed by atoms with E-state index < -0.39 is 31.1 Å². The molecule has 1 rings (SSSR count). The molecule has 0 aromatic carbocycles. The monoisotopic (exact) mass is 421 g/mol. The van der Waals surface area contributed by atoms with Crippen molar-refractivity contribution in [1.29, 1.82) is 0 Å². The molecule has 0 saturated carbocycles. The molecule has 25 heavy (non-hydrogen) atoms. The molecule has 0 amide bonds. The standard InChI is InChI=1S/C7H12N2O.C2F6NO4S2/c1-6(10)5-9-4-3-8-7(9)2;3-1(4,5)14(10,11)9-15(12,13)2(6,7)8/h3-4,6,10H,5H2,1-2H3;/q;-1/p+1. The van der Waals surface area contributed by atoms with E-state index >= 15 is 0 Å². The van der Waals surface area contributed by atoms with Crippen LogP contribution in [0.3, 0.4) is 0 Å². The topological polar surface area (TPSA) is 122 Å². The van der Waals surface area contributed by atoms with Crippen LogP contribution in [0.25, 0.3) is 4.13 Å². The van der Waals surface area contributed by atoms with E-state index in [0.717, 1.165) is 9.95 Å². The van der Waals surface area contributed by atoms with Gasteiger partial charge in [0.15, 0.2) is 20.0 Å². The lowest BCUT2D eigenvalue weighted by Gasteiger charge is -2.22. The summed E-state index contributed by atoms with van der Waals surface area (Å²) in [5.41, 5.74) is -12.4. The number of nitrogens with zero attached hydrogens (tertiary/aromatic N) is 2. The highest BCUT2D eigenvalue weighted by atomic mass is 32.3. The second-order valence-corrected chi connectivity index (χ2v) is 7.89. The van der Waals surface area contributed by atoms with Crippen LogP contribution in [0.15, 0.2) is 12.4 Å². The number of aryl methyl sites for hydroxylation is 1. The Balaban J connectivity index is 0.000000496. The number of sulfonamides is 2.